The molecule has 8 heteroatoms. The molecule has 3 aromatic rings. The second-order valence-corrected chi connectivity index (χ2v) is 7.49. The second kappa shape index (κ2) is 8.39. The molecule has 0 aliphatic carbocycles. The number of halogens is 2. The maximum Gasteiger partial charge on any atom is 0.166 e. The lowest BCUT2D eigenvalue weighted by Crippen LogP contribution is -2.19. The topological polar surface area (TPSA) is 75.2 Å². The van der Waals surface area contributed by atoms with Gasteiger partial charge in [0.2, 0.25) is 0 Å². The van der Waals surface area contributed by atoms with Gasteiger partial charge < -0.3 is 15.2 Å². The molecule has 3 heterocycles. The molecule has 2 aromatic heterocycles. The van der Waals surface area contributed by atoms with Crippen LogP contribution >= 0.6 is 11.6 Å². The van der Waals surface area contributed by atoms with E-state index in [1.807, 2.05) is 16.9 Å². The van der Waals surface area contributed by atoms with Crippen LogP contribution < -0.4 is 10.5 Å². The Kier molecular flexibility index (Phi) is 5.69. The smallest absolute Gasteiger partial charge is 0.166 e. The minimum atomic E-state index is -0.498. The summed E-state index contributed by atoms with van der Waals surface area (Å²) in [5, 5.41) is 4.93. The molecule has 0 unspecified atom stereocenters. The third-order valence-electron chi connectivity index (χ3n) is 5.08. The Labute approximate surface area is 173 Å². The van der Waals surface area contributed by atoms with Gasteiger partial charge in [-0.15, -0.1) is 0 Å². The standard InChI is InChI=1S/C21H22ClFN4O2/c1-13(18-9-16(23)2-3-19(18)22)29-20-8-14(10-25-21(20)24)15-11-26-27(12-15)17-4-6-28-7-5-17/h2-3,8-13,17H,4-7H2,1H3,(H2,24,25)/t13-/m1/s1. The van der Waals surface area contributed by atoms with Gasteiger partial charge in [0.1, 0.15) is 11.9 Å². The van der Waals surface area contributed by atoms with Crippen LogP contribution in [0.5, 0.6) is 5.75 Å². The summed E-state index contributed by atoms with van der Waals surface area (Å²) in [6, 6.07) is 6.33. The number of rotatable bonds is 5. The van der Waals surface area contributed by atoms with Gasteiger partial charge in [-0.2, -0.15) is 5.10 Å². The predicted octanol–water partition coefficient (Wildman–Crippen LogP) is 4.81. The molecular formula is C21H22ClFN4O2. The van der Waals surface area contributed by atoms with E-state index >= 15 is 0 Å². The summed E-state index contributed by atoms with van der Waals surface area (Å²) in [7, 11) is 0. The normalized spacial score (nSPS) is 16.0. The summed E-state index contributed by atoms with van der Waals surface area (Å²) in [6.45, 7) is 3.29. The monoisotopic (exact) mass is 416 g/mol. The van der Waals surface area contributed by atoms with Gasteiger partial charge in [0.25, 0.3) is 0 Å². The Morgan fingerprint density at radius 3 is 2.83 bits per heavy atom. The molecule has 0 saturated carbocycles. The average molecular weight is 417 g/mol. The van der Waals surface area contributed by atoms with Crippen LogP contribution in [0.2, 0.25) is 5.02 Å². The summed E-state index contributed by atoms with van der Waals surface area (Å²) in [6.07, 6.45) is 6.89. The molecule has 152 valence electrons. The van der Waals surface area contributed by atoms with Gasteiger partial charge in [-0.05, 0) is 44.0 Å². The third kappa shape index (κ3) is 4.36. The highest BCUT2D eigenvalue weighted by molar-refractivity contribution is 6.31. The predicted molar refractivity (Wildman–Crippen MR) is 109 cm³/mol. The van der Waals surface area contributed by atoms with Crippen LogP contribution in [-0.4, -0.2) is 28.0 Å². The quantitative estimate of drug-likeness (QED) is 0.645. The van der Waals surface area contributed by atoms with Crippen LogP contribution in [-0.2, 0) is 4.74 Å². The Bertz CT molecular complexity index is 1000. The number of hydrogen-bond acceptors (Lipinski definition) is 5. The van der Waals surface area contributed by atoms with Crippen molar-refractivity contribution in [3.8, 4) is 16.9 Å². The minimum Gasteiger partial charge on any atom is -0.482 e. The van der Waals surface area contributed by atoms with Gasteiger partial charge in [0, 0.05) is 47.3 Å². The minimum absolute atomic E-state index is 0.255. The van der Waals surface area contributed by atoms with Crippen molar-refractivity contribution in [1.29, 1.82) is 0 Å². The van der Waals surface area contributed by atoms with Gasteiger partial charge in [0.15, 0.2) is 11.6 Å². The van der Waals surface area contributed by atoms with Crippen LogP contribution in [0.15, 0.2) is 42.9 Å². The van der Waals surface area contributed by atoms with E-state index < -0.39 is 6.10 Å². The Morgan fingerprint density at radius 1 is 1.24 bits per heavy atom. The molecule has 1 fully saturated rings. The maximum atomic E-state index is 13.6. The van der Waals surface area contributed by atoms with Crippen molar-refractivity contribution in [3.05, 3.63) is 59.3 Å². The lowest BCUT2D eigenvalue weighted by Gasteiger charge is -2.22. The summed E-state index contributed by atoms with van der Waals surface area (Å²) in [4.78, 5) is 4.25. The van der Waals surface area contributed by atoms with Gasteiger partial charge in [-0.1, -0.05) is 11.6 Å². The van der Waals surface area contributed by atoms with E-state index in [0.717, 1.165) is 37.2 Å². The van der Waals surface area contributed by atoms with Crippen molar-refractivity contribution in [2.75, 3.05) is 18.9 Å². The van der Waals surface area contributed by atoms with Crippen LogP contribution in [0.3, 0.4) is 0 Å². The Hall–Kier alpha value is -2.64. The molecular weight excluding hydrogens is 395 g/mol. The summed E-state index contributed by atoms with van der Waals surface area (Å²) in [5.41, 5.74) is 8.31. The molecule has 1 aliphatic rings. The van der Waals surface area contributed by atoms with Crippen molar-refractivity contribution in [2.45, 2.75) is 31.9 Å². The summed E-state index contributed by atoms with van der Waals surface area (Å²) < 4.78 is 27.0. The molecule has 0 bridgehead atoms. The summed E-state index contributed by atoms with van der Waals surface area (Å²) >= 11 is 6.19. The molecule has 1 saturated heterocycles. The molecule has 6 nitrogen and oxygen atoms in total. The van der Waals surface area contributed by atoms with E-state index in [4.69, 9.17) is 26.8 Å². The molecule has 4 rings (SSSR count). The maximum absolute atomic E-state index is 13.6. The molecule has 2 N–H and O–H groups in total. The molecule has 0 amide bonds. The fourth-order valence-corrected chi connectivity index (χ4v) is 3.70. The number of benzene rings is 1. The highest BCUT2D eigenvalue weighted by Crippen LogP contribution is 2.33. The van der Waals surface area contributed by atoms with Gasteiger partial charge in [-0.3, -0.25) is 4.68 Å². The number of nitrogen functional groups attached to an aromatic ring is 1. The van der Waals surface area contributed by atoms with Crippen molar-refractivity contribution < 1.29 is 13.9 Å². The lowest BCUT2D eigenvalue weighted by atomic mass is 10.1. The molecule has 1 aromatic carbocycles. The molecule has 0 spiro atoms. The van der Waals surface area contributed by atoms with E-state index in [2.05, 4.69) is 10.1 Å². The lowest BCUT2D eigenvalue weighted by molar-refractivity contribution is 0.0662. The van der Waals surface area contributed by atoms with Crippen LogP contribution in [0.25, 0.3) is 11.1 Å². The molecule has 1 atom stereocenters. The molecule has 0 radical (unpaired) electrons. The van der Waals surface area contributed by atoms with Crippen molar-refractivity contribution in [3.63, 3.8) is 0 Å². The number of nitrogens with zero attached hydrogens (tertiary/aromatic N) is 3. The van der Waals surface area contributed by atoms with E-state index in [1.54, 1.807) is 19.3 Å². The third-order valence-corrected chi connectivity index (χ3v) is 5.43. The zero-order chi connectivity index (χ0) is 20.4. The number of hydrogen-bond donors (Lipinski definition) is 1. The largest absolute Gasteiger partial charge is 0.482 e. The average Bonchev–Trinajstić information content (AvgIpc) is 3.22. The number of pyridine rings is 1. The number of nitrogens with two attached hydrogens (primary N) is 1. The van der Waals surface area contributed by atoms with Crippen LogP contribution in [0.4, 0.5) is 10.2 Å². The van der Waals surface area contributed by atoms with Crippen molar-refractivity contribution in [2.24, 2.45) is 0 Å². The second-order valence-electron chi connectivity index (χ2n) is 7.09. The number of anilines is 1. The fraction of sp³-hybridized carbons (Fsp3) is 0.333. The van der Waals surface area contributed by atoms with E-state index in [0.29, 0.717) is 22.4 Å². The first-order chi connectivity index (χ1) is 14.0. The SMILES string of the molecule is C[C@@H](Oc1cc(-c2cnn(C3CCOCC3)c2)cnc1N)c1cc(F)ccc1Cl. The Balaban J connectivity index is 1.56. The van der Waals surface area contributed by atoms with Crippen LogP contribution in [0.1, 0.15) is 37.5 Å². The number of aromatic nitrogens is 3. The first-order valence-corrected chi connectivity index (χ1v) is 9.88. The highest BCUT2D eigenvalue weighted by Gasteiger charge is 2.18. The molecule has 29 heavy (non-hydrogen) atoms. The van der Waals surface area contributed by atoms with E-state index in [-0.39, 0.29) is 11.6 Å². The fourth-order valence-electron chi connectivity index (χ4n) is 3.42. The zero-order valence-corrected chi connectivity index (χ0v) is 16.8. The van der Waals surface area contributed by atoms with Crippen molar-refractivity contribution >= 4 is 17.4 Å². The van der Waals surface area contributed by atoms with Gasteiger partial charge in [0.05, 0.1) is 12.2 Å². The van der Waals surface area contributed by atoms with Gasteiger partial charge in [-0.25, -0.2) is 9.37 Å². The highest BCUT2D eigenvalue weighted by atomic mass is 35.5. The van der Waals surface area contributed by atoms with E-state index in [9.17, 15) is 4.39 Å². The first-order valence-electron chi connectivity index (χ1n) is 9.50. The summed E-state index contributed by atoms with van der Waals surface area (Å²) in [5.74, 6) is 0.291. The Morgan fingerprint density at radius 2 is 2.03 bits per heavy atom. The van der Waals surface area contributed by atoms with Gasteiger partial charge >= 0.3 is 0 Å². The first kappa shape index (κ1) is 19.7. The van der Waals surface area contributed by atoms with E-state index in [1.165, 1.54) is 18.2 Å². The zero-order valence-electron chi connectivity index (χ0n) is 16.0. The van der Waals surface area contributed by atoms with Crippen LogP contribution in [0, 0.1) is 5.82 Å². The molecule has 1 aliphatic heterocycles. The number of ether oxygens (including phenoxy) is 2. The van der Waals surface area contributed by atoms with Crippen molar-refractivity contribution in [1.82, 2.24) is 14.8 Å².